The molecule has 4 atom stereocenters. The predicted molar refractivity (Wildman–Crippen MR) is 111 cm³/mol. The Bertz CT molecular complexity index is 904. The van der Waals surface area contributed by atoms with E-state index in [1.54, 1.807) is 11.8 Å². The summed E-state index contributed by atoms with van der Waals surface area (Å²) in [7, 11) is 0. The Kier molecular flexibility index (Phi) is 4.34. The van der Waals surface area contributed by atoms with Gasteiger partial charge in [-0.1, -0.05) is 29.4 Å². The summed E-state index contributed by atoms with van der Waals surface area (Å²) in [6, 6.07) is 9.73. The smallest absolute Gasteiger partial charge is 0.233 e. The Balaban J connectivity index is 1.25. The molecule has 0 N–H and O–H groups in total. The van der Waals surface area contributed by atoms with E-state index >= 15 is 0 Å². The minimum atomic E-state index is 0.330. The van der Waals surface area contributed by atoms with Gasteiger partial charge in [0.05, 0.1) is 11.4 Å². The molecule has 5 heteroatoms. The summed E-state index contributed by atoms with van der Waals surface area (Å²) in [5, 5.41) is 4.01. The summed E-state index contributed by atoms with van der Waals surface area (Å²) in [4.78, 5) is 15.4. The Morgan fingerprint density at radius 3 is 2.82 bits per heavy atom. The second kappa shape index (κ2) is 6.65. The molecular weight excluding hydrogens is 368 g/mol. The molecule has 1 amide bonds. The Morgan fingerprint density at radius 2 is 2.07 bits per heavy atom. The van der Waals surface area contributed by atoms with Crippen molar-refractivity contribution in [2.24, 2.45) is 5.41 Å². The Morgan fingerprint density at radius 1 is 1.25 bits per heavy atom. The third-order valence-corrected chi connectivity index (χ3v) is 8.35. The number of rotatable bonds is 5. The molecule has 1 aromatic carbocycles. The van der Waals surface area contributed by atoms with E-state index in [4.69, 9.17) is 4.52 Å². The molecule has 3 fully saturated rings. The van der Waals surface area contributed by atoms with Gasteiger partial charge in [-0.25, -0.2) is 0 Å². The maximum atomic E-state index is 13.1. The highest BCUT2D eigenvalue weighted by atomic mass is 32.2. The molecule has 5 rings (SSSR count). The number of hydrogen-bond acceptors (Lipinski definition) is 4. The van der Waals surface area contributed by atoms with Gasteiger partial charge in [0, 0.05) is 28.8 Å². The van der Waals surface area contributed by atoms with Crippen molar-refractivity contribution >= 4 is 17.7 Å². The van der Waals surface area contributed by atoms with E-state index in [2.05, 4.69) is 41.2 Å². The quantitative estimate of drug-likeness (QED) is 0.730. The van der Waals surface area contributed by atoms with Gasteiger partial charge in [-0.05, 0) is 63.5 Å². The highest BCUT2D eigenvalue weighted by Gasteiger charge is 2.69. The first-order chi connectivity index (χ1) is 13.5. The van der Waals surface area contributed by atoms with Gasteiger partial charge in [-0.3, -0.25) is 4.79 Å². The van der Waals surface area contributed by atoms with E-state index in [0.717, 1.165) is 22.8 Å². The number of nitrogens with zero attached hydrogens (tertiary/aromatic N) is 2. The summed E-state index contributed by atoms with van der Waals surface area (Å²) in [6.45, 7) is 6.14. The number of amides is 1. The van der Waals surface area contributed by atoms with Gasteiger partial charge >= 0.3 is 0 Å². The van der Waals surface area contributed by atoms with Crippen LogP contribution in [0.2, 0.25) is 0 Å². The zero-order valence-corrected chi connectivity index (χ0v) is 17.7. The van der Waals surface area contributed by atoms with Crippen molar-refractivity contribution < 1.29 is 9.32 Å². The minimum Gasteiger partial charge on any atom is -0.361 e. The topological polar surface area (TPSA) is 46.3 Å². The fraction of sp³-hybridized carbons (Fsp3) is 0.565. The minimum absolute atomic E-state index is 0.330. The summed E-state index contributed by atoms with van der Waals surface area (Å²) >= 11 is 1.70. The third kappa shape index (κ3) is 2.73. The van der Waals surface area contributed by atoms with Crippen LogP contribution in [0.5, 0.6) is 0 Å². The van der Waals surface area contributed by atoms with Gasteiger partial charge in [0.15, 0.2) is 0 Å². The van der Waals surface area contributed by atoms with Gasteiger partial charge in [0.1, 0.15) is 5.76 Å². The molecule has 4 nitrogen and oxygen atoms in total. The molecule has 1 saturated carbocycles. The van der Waals surface area contributed by atoms with Crippen LogP contribution < -0.4 is 0 Å². The average molecular weight is 397 g/mol. The molecule has 1 aromatic heterocycles. The van der Waals surface area contributed by atoms with Crippen molar-refractivity contribution in [1.29, 1.82) is 0 Å². The van der Waals surface area contributed by atoms with Crippen molar-refractivity contribution in [1.82, 2.24) is 10.1 Å². The van der Waals surface area contributed by atoms with E-state index in [9.17, 15) is 4.79 Å². The molecule has 2 bridgehead atoms. The Hall–Kier alpha value is -1.75. The molecule has 0 radical (unpaired) electrons. The maximum Gasteiger partial charge on any atom is 0.233 e. The molecule has 2 aromatic rings. The zero-order valence-electron chi connectivity index (χ0n) is 16.9. The van der Waals surface area contributed by atoms with Crippen LogP contribution in [0.4, 0.5) is 0 Å². The predicted octanol–water partition coefficient (Wildman–Crippen LogP) is 4.77. The van der Waals surface area contributed by atoms with Crippen molar-refractivity contribution in [3.8, 4) is 0 Å². The second-order valence-corrected chi connectivity index (χ2v) is 9.88. The molecular formula is C23H28N2O2S. The number of hydrogen-bond donors (Lipinski definition) is 0. The number of thioether (sulfide) groups is 1. The van der Waals surface area contributed by atoms with Crippen molar-refractivity contribution in [3.05, 3.63) is 52.4 Å². The van der Waals surface area contributed by atoms with Crippen LogP contribution in [0.25, 0.3) is 0 Å². The van der Waals surface area contributed by atoms with E-state index in [1.807, 2.05) is 13.8 Å². The molecule has 1 aliphatic carbocycles. The monoisotopic (exact) mass is 396 g/mol. The number of carbonyl (C=O) groups excluding carboxylic acids is 1. The molecule has 2 aliphatic heterocycles. The van der Waals surface area contributed by atoms with Crippen LogP contribution in [0.1, 0.15) is 59.7 Å². The van der Waals surface area contributed by atoms with Crippen molar-refractivity contribution in [3.63, 3.8) is 0 Å². The fourth-order valence-electron chi connectivity index (χ4n) is 5.94. The molecule has 2 saturated heterocycles. The highest BCUT2D eigenvalue weighted by molar-refractivity contribution is 7.99. The van der Waals surface area contributed by atoms with Crippen LogP contribution in [0.3, 0.4) is 0 Å². The number of carbonyl (C=O) groups is 1. The summed E-state index contributed by atoms with van der Waals surface area (Å²) in [6.07, 6.45) is 4.84. The first-order valence-electron chi connectivity index (χ1n) is 10.4. The van der Waals surface area contributed by atoms with Crippen molar-refractivity contribution in [2.75, 3.05) is 5.75 Å². The number of benzene rings is 1. The molecule has 1 spiro atoms. The Labute approximate surface area is 171 Å². The zero-order chi connectivity index (χ0) is 19.5. The molecule has 28 heavy (non-hydrogen) atoms. The number of aryl methyl sites for hydroxylation is 3. The van der Waals surface area contributed by atoms with Crippen LogP contribution in [-0.4, -0.2) is 33.8 Å². The van der Waals surface area contributed by atoms with E-state index < -0.39 is 0 Å². The lowest BCUT2D eigenvalue weighted by atomic mass is 9.82. The van der Waals surface area contributed by atoms with Gasteiger partial charge in [0.2, 0.25) is 5.91 Å². The van der Waals surface area contributed by atoms with Crippen molar-refractivity contribution in [2.45, 2.75) is 70.2 Å². The first kappa shape index (κ1) is 18.3. The summed E-state index contributed by atoms with van der Waals surface area (Å²) in [5.41, 5.74) is 5.35. The van der Waals surface area contributed by atoms with Gasteiger partial charge in [-0.2, -0.15) is 0 Å². The average Bonchev–Trinajstić information content (AvgIpc) is 2.95. The van der Waals surface area contributed by atoms with Gasteiger partial charge < -0.3 is 9.42 Å². The fourth-order valence-corrected chi connectivity index (χ4v) is 6.98. The van der Waals surface area contributed by atoms with E-state index in [1.165, 1.54) is 36.8 Å². The lowest BCUT2D eigenvalue weighted by Gasteiger charge is -2.25. The van der Waals surface area contributed by atoms with Crippen LogP contribution >= 0.6 is 11.8 Å². The van der Waals surface area contributed by atoms with Gasteiger partial charge in [0.25, 0.3) is 0 Å². The second-order valence-electron chi connectivity index (χ2n) is 8.89. The largest absolute Gasteiger partial charge is 0.361 e. The normalized spacial score (nSPS) is 30.4. The van der Waals surface area contributed by atoms with E-state index in [-0.39, 0.29) is 0 Å². The summed E-state index contributed by atoms with van der Waals surface area (Å²) in [5.74, 6) is 3.21. The van der Waals surface area contributed by atoms with E-state index in [0.29, 0.717) is 35.1 Å². The third-order valence-electron chi connectivity index (χ3n) is 7.40. The highest BCUT2D eigenvalue weighted by Crippen LogP contribution is 2.72. The number of fused-ring (bicyclic) bond motifs is 3. The van der Waals surface area contributed by atoms with Crippen LogP contribution in [0, 0.1) is 26.2 Å². The lowest BCUT2D eigenvalue weighted by Crippen LogP contribution is -2.38. The maximum absolute atomic E-state index is 13.1. The molecule has 3 heterocycles. The molecule has 4 unspecified atom stereocenters. The molecule has 148 valence electrons. The van der Waals surface area contributed by atoms with Crippen LogP contribution in [0.15, 0.2) is 28.8 Å². The van der Waals surface area contributed by atoms with Gasteiger partial charge in [-0.15, -0.1) is 11.8 Å². The van der Waals surface area contributed by atoms with Crippen LogP contribution in [-0.2, 0) is 10.5 Å². The SMILES string of the molecule is Cc1ccccc1C1CC12CC1CCC2N1C(=O)CSCc1c(C)noc1C. The standard InChI is InChI=1S/C23H28N2O2S/c1-14-6-4-5-7-18(14)20-11-23(20)10-17-8-9-21(23)25(17)22(26)13-28-12-19-15(2)24-27-16(19)3/h4-7,17,20-21H,8-13H2,1-3H3. The number of aromatic nitrogens is 1. The summed E-state index contributed by atoms with van der Waals surface area (Å²) < 4.78 is 5.24. The first-order valence-corrected chi connectivity index (χ1v) is 11.5. The molecule has 3 aliphatic rings. The lowest BCUT2D eigenvalue weighted by molar-refractivity contribution is -0.129.